The third-order valence-electron chi connectivity index (χ3n) is 8.96. The lowest BCUT2D eigenvalue weighted by Crippen LogP contribution is -2.31. The molecule has 0 amide bonds. The first-order valence-corrected chi connectivity index (χ1v) is 15.7. The second-order valence-corrected chi connectivity index (χ2v) is 12.2. The van der Waals surface area contributed by atoms with E-state index in [4.69, 9.17) is 4.99 Å². The van der Waals surface area contributed by atoms with Crippen molar-refractivity contribution in [2.75, 3.05) is 0 Å². The van der Waals surface area contributed by atoms with Crippen LogP contribution in [0, 0.1) is 17.8 Å². The minimum absolute atomic E-state index is 0.0123. The molecule has 0 bridgehead atoms. The fourth-order valence-electron chi connectivity index (χ4n) is 6.24. The van der Waals surface area contributed by atoms with Crippen molar-refractivity contribution in [1.29, 1.82) is 0 Å². The van der Waals surface area contributed by atoms with Gasteiger partial charge in [-0.2, -0.15) is 0 Å². The number of amidine groups is 1. The van der Waals surface area contributed by atoms with Crippen LogP contribution >= 0.6 is 0 Å². The average Bonchev–Trinajstić information content (AvgIpc) is 3.08. The van der Waals surface area contributed by atoms with Gasteiger partial charge in [0.15, 0.2) is 0 Å². The van der Waals surface area contributed by atoms with Gasteiger partial charge < -0.3 is 5.32 Å². The van der Waals surface area contributed by atoms with Crippen LogP contribution in [0.2, 0.25) is 0 Å². The monoisotopic (exact) mass is 580 g/mol. The normalized spacial score (nSPS) is 18.4. The molecule has 0 radical (unpaired) electrons. The molecule has 1 aliphatic heterocycles. The summed E-state index contributed by atoms with van der Waals surface area (Å²) in [5.74, 6) is 7.59. The zero-order valence-electron chi connectivity index (χ0n) is 25.7. The quantitative estimate of drug-likeness (QED) is 0.199. The molecular formula is C43H36N2. The topological polar surface area (TPSA) is 24.4 Å². The average molecular weight is 581 g/mol. The Morgan fingerprint density at radius 1 is 0.711 bits per heavy atom. The van der Waals surface area contributed by atoms with Gasteiger partial charge in [0, 0.05) is 23.1 Å². The molecule has 45 heavy (non-hydrogen) atoms. The van der Waals surface area contributed by atoms with Crippen LogP contribution < -0.4 is 5.32 Å². The van der Waals surface area contributed by atoms with Crippen LogP contribution in [0.25, 0.3) is 21.9 Å². The zero-order valence-corrected chi connectivity index (χ0v) is 25.7. The second kappa shape index (κ2) is 12.3. The molecule has 0 saturated heterocycles. The van der Waals surface area contributed by atoms with Gasteiger partial charge in [-0.05, 0) is 44.7 Å². The summed E-state index contributed by atoms with van der Waals surface area (Å²) in [5.41, 5.74) is 8.19. The number of allylic oxidation sites excluding steroid dienone is 4. The lowest BCUT2D eigenvalue weighted by Gasteiger charge is -2.28. The van der Waals surface area contributed by atoms with E-state index in [-0.39, 0.29) is 17.4 Å². The van der Waals surface area contributed by atoms with Gasteiger partial charge in [0.05, 0.1) is 12.0 Å². The van der Waals surface area contributed by atoms with Crippen LogP contribution in [-0.2, 0) is 5.41 Å². The van der Waals surface area contributed by atoms with Crippen molar-refractivity contribution in [3.05, 3.63) is 180 Å². The number of rotatable bonds is 6. The van der Waals surface area contributed by atoms with Crippen molar-refractivity contribution >= 4 is 16.6 Å². The SMILES string of the molecule is CC(C)(c1ccc(C2=NC(c3ccccc3)C=C(C3C#CC/C=C\C=C3)N2)cc1)c1ccc(-c2cccc3ccccc23)cc1. The number of nitrogens with zero attached hydrogens (tertiary/aromatic N) is 1. The molecule has 2 unspecified atom stereocenters. The number of fused-ring (bicyclic) bond motifs is 1. The van der Waals surface area contributed by atoms with Gasteiger partial charge in [0.1, 0.15) is 5.84 Å². The van der Waals surface area contributed by atoms with Gasteiger partial charge in [-0.25, -0.2) is 0 Å². The summed E-state index contributed by atoms with van der Waals surface area (Å²) in [6, 6.07) is 43.5. The highest BCUT2D eigenvalue weighted by Gasteiger charge is 2.25. The summed E-state index contributed by atoms with van der Waals surface area (Å²) in [5, 5.41) is 6.19. The molecule has 0 aromatic heterocycles. The van der Waals surface area contributed by atoms with Gasteiger partial charge in [0.2, 0.25) is 0 Å². The molecule has 1 aliphatic carbocycles. The molecule has 0 saturated carbocycles. The van der Waals surface area contributed by atoms with E-state index < -0.39 is 0 Å². The predicted octanol–water partition coefficient (Wildman–Crippen LogP) is 9.94. The Morgan fingerprint density at radius 2 is 1.40 bits per heavy atom. The summed E-state index contributed by atoms with van der Waals surface area (Å²) >= 11 is 0. The molecule has 218 valence electrons. The fraction of sp³-hybridized carbons (Fsp3) is 0.140. The molecule has 0 spiro atoms. The Kier molecular flexibility index (Phi) is 7.76. The fourth-order valence-corrected chi connectivity index (χ4v) is 6.24. The lowest BCUT2D eigenvalue weighted by atomic mass is 9.77. The second-order valence-electron chi connectivity index (χ2n) is 12.2. The molecule has 2 heteroatoms. The molecule has 2 nitrogen and oxygen atoms in total. The molecular weight excluding hydrogens is 544 g/mol. The van der Waals surface area contributed by atoms with Gasteiger partial charge >= 0.3 is 0 Å². The molecule has 5 aromatic rings. The summed E-state index contributed by atoms with van der Waals surface area (Å²) in [7, 11) is 0. The first-order chi connectivity index (χ1) is 22.1. The van der Waals surface area contributed by atoms with E-state index in [0.29, 0.717) is 0 Å². The number of hydrogen-bond acceptors (Lipinski definition) is 2. The Labute approximate surface area is 266 Å². The van der Waals surface area contributed by atoms with Crippen LogP contribution in [0.4, 0.5) is 0 Å². The Bertz CT molecular complexity index is 2010. The minimum Gasteiger partial charge on any atom is -0.342 e. The van der Waals surface area contributed by atoms with Crippen LogP contribution in [0.1, 0.15) is 48.6 Å². The van der Waals surface area contributed by atoms with Gasteiger partial charge in [0.25, 0.3) is 0 Å². The molecule has 1 N–H and O–H groups in total. The van der Waals surface area contributed by atoms with E-state index in [0.717, 1.165) is 23.5 Å². The van der Waals surface area contributed by atoms with E-state index in [9.17, 15) is 0 Å². The van der Waals surface area contributed by atoms with Gasteiger partial charge in [-0.3, -0.25) is 4.99 Å². The highest BCUT2D eigenvalue weighted by Crippen LogP contribution is 2.35. The van der Waals surface area contributed by atoms with E-state index in [2.05, 4.69) is 177 Å². The van der Waals surface area contributed by atoms with Crippen molar-refractivity contribution in [3.8, 4) is 23.0 Å². The highest BCUT2D eigenvalue weighted by atomic mass is 15.0. The maximum atomic E-state index is 5.16. The zero-order chi connectivity index (χ0) is 30.6. The Balaban J connectivity index is 1.16. The summed E-state index contributed by atoms with van der Waals surface area (Å²) in [6.45, 7) is 4.59. The molecule has 5 aromatic carbocycles. The highest BCUT2D eigenvalue weighted by molar-refractivity contribution is 6.01. The van der Waals surface area contributed by atoms with Crippen molar-refractivity contribution < 1.29 is 0 Å². The Morgan fingerprint density at radius 3 is 2.18 bits per heavy atom. The molecule has 0 fully saturated rings. The van der Waals surface area contributed by atoms with Gasteiger partial charge in [-0.1, -0.05) is 171 Å². The summed E-state index contributed by atoms with van der Waals surface area (Å²) in [6.07, 6.45) is 11.4. The first kappa shape index (κ1) is 28.4. The van der Waals surface area contributed by atoms with Crippen molar-refractivity contribution in [2.45, 2.75) is 31.7 Å². The molecule has 2 aliphatic rings. The van der Waals surface area contributed by atoms with Crippen molar-refractivity contribution in [1.82, 2.24) is 5.32 Å². The van der Waals surface area contributed by atoms with E-state index in [1.165, 1.54) is 38.6 Å². The number of benzene rings is 5. The van der Waals surface area contributed by atoms with Crippen LogP contribution in [-0.4, -0.2) is 5.84 Å². The largest absolute Gasteiger partial charge is 0.342 e. The Hall–Kier alpha value is -5.39. The van der Waals surface area contributed by atoms with E-state index in [1.54, 1.807) is 0 Å². The number of hydrogen-bond donors (Lipinski definition) is 1. The minimum atomic E-state index is -0.165. The third kappa shape index (κ3) is 5.91. The molecule has 7 rings (SSSR count). The van der Waals surface area contributed by atoms with Crippen molar-refractivity contribution in [2.24, 2.45) is 10.9 Å². The smallest absolute Gasteiger partial charge is 0.133 e. The molecule has 2 atom stereocenters. The van der Waals surface area contributed by atoms with E-state index >= 15 is 0 Å². The first-order valence-electron chi connectivity index (χ1n) is 15.7. The summed E-state index contributed by atoms with van der Waals surface area (Å²) in [4.78, 5) is 5.16. The van der Waals surface area contributed by atoms with Crippen LogP contribution in [0.15, 0.2) is 162 Å². The summed E-state index contributed by atoms with van der Waals surface area (Å²) < 4.78 is 0. The van der Waals surface area contributed by atoms with Crippen LogP contribution in [0.3, 0.4) is 0 Å². The van der Waals surface area contributed by atoms with Crippen molar-refractivity contribution in [3.63, 3.8) is 0 Å². The third-order valence-corrected chi connectivity index (χ3v) is 8.96. The van der Waals surface area contributed by atoms with Crippen LogP contribution in [0.5, 0.6) is 0 Å². The maximum Gasteiger partial charge on any atom is 0.133 e. The predicted molar refractivity (Wildman–Crippen MR) is 189 cm³/mol. The number of nitrogens with one attached hydrogen (secondary N) is 1. The molecule has 1 heterocycles. The maximum absolute atomic E-state index is 5.16. The van der Waals surface area contributed by atoms with Gasteiger partial charge in [-0.15, -0.1) is 0 Å². The number of aliphatic imine (C=N–C) groups is 1. The van der Waals surface area contributed by atoms with E-state index in [1.807, 2.05) is 6.07 Å². The lowest BCUT2D eigenvalue weighted by molar-refractivity contribution is 0.641. The standard InChI is InChI=1S/C43H36N2/c1-43(2,36-26-22-32(23-27-36)39-21-13-19-31-14-11-12-20-38(31)39)37-28-24-35(25-29-37)42-44-40(33-15-7-4-3-5-8-16-33)30-41(45-42)34-17-9-6-10-18-34/h3-4,6-7,9-15,17-30,33,41H,5H2,1-2H3,(H,44,45)/b4-3-,15-7?.